The van der Waals surface area contributed by atoms with Crippen molar-refractivity contribution in [1.82, 2.24) is 0 Å². The van der Waals surface area contributed by atoms with Gasteiger partial charge in [0.25, 0.3) is 0 Å². The lowest BCUT2D eigenvalue weighted by Gasteiger charge is -2.29. The molecule has 27 heavy (non-hydrogen) atoms. The molecule has 1 aliphatic rings. The molecular weight excluding hydrogens is 335 g/mol. The summed E-state index contributed by atoms with van der Waals surface area (Å²) in [7, 11) is 0. The number of hydrogen-bond acceptors (Lipinski definition) is 2. The number of nitrogens with zero attached hydrogens (tertiary/aromatic N) is 1. The van der Waals surface area contributed by atoms with Crippen LogP contribution in [0.5, 0.6) is 0 Å². The number of halogens is 1. The molecule has 0 aliphatic heterocycles. The lowest BCUT2D eigenvalue weighted by Crippen LogP contribution is -2.14. The van der Waals surface area contributed by atoms with Gasteiger partial charge in [0.05, 0.1) is 0 Å². The van der Waals surface area contributed by atoms with Crippen molar-refractivity contribution in [3.8, 4) is 0 Å². The molecule has 2 aromatic rings. The molecule has 0 radical (unpaired) electrons. The van der Waals surface area contributed by atoms with Crippen molar-refractivity contribution in [2.24, 2.45) is 10.7 Å². The van der Waals surface area contributed by atoms with Crippen LogP contribution in [0.2, 0.25) is 0 Å². The fourth-order valence-electron chi connectivity index (χ4n) is 3.45. The Morgan fingerprint density at radius 3 is 2.56 bits per heavy atom. The van der Waals surface area contributed by atoms with Gasteiger partial charge in [-0.2, -0.15) is 0 Å². The highest BCUT2D eigenvalue weighted by atomic mass is 19.1. The van der Waals surface area contributed by atoms with E-state index < -0.39 is 0 Å². The quantitative estimate of drug-likeness (QED) is 0.623. The molecule has 1 aliphatic carbocycles. The first kappa shape index (κ1) is 19.1. The van der Waals surface area contributed by atoms with E-state index in [1.807, 2.05) is 31.2 Å². The maximum Gasteiger partial charge on any atom is 0.134 e. The zero-order valence-corrected chi connectivity index (χ0v) is 15.9. The molecule has 3 heteroatoms. The van der Waals surface area contributed by atoms with E-state index in [1.165, 1.54) is 18.2 Å². The smallest absolute Gasteiger partial charge is 0.134 e. The molecule has 2 nitrogen and oxygen atoms in total. The van der Waals surface area contributed by atoms with Crippen LogP contribution in [0.3, 0.4) is 0 Å². The molecule has 0 saturated heterocycles. The van der Waals surface area contributed by atoms with Gasteiger partial charge >= 0.3 is 0 Å². The lowest BCUT2D eigenvalue weighted by molar-refractivity contribution is 0.414. The molecule has 2 aromatic carbocycles. The van der Waals surface area contributed by atoms with E-state index in [-0.39, 0.29) is 5.82 Å². The van der Waals surface area contributed by atoms with Crippen LogP contribution in [0, 0.1) is 5.82 Å². The van der Waals surface area contributed by atoms with E-state index in [4.69, 9.17) is 5.73 Å². The number of aliphatic imine (C=N–C) groups is 1. The van der Waals surface area contributed by atoms with Gasteiger partial charge in [-0.15, -0.1) is 0 Å². The average Bonchev–Trinajstić information content (AvgIpc) is 2.65. The van der Waals surface area contributed by atoms with Crippen molar-refractivity contribution >= 4 is 11.8 Å². The third kappa shape index (κ3) is 4.54. The molecule has 1 saturated carbocycles. The third-order valence-corrected chi connectivity index (χ3v) is 5.34. The van der Waals surface area contributed by atoms with Gasteiger partial charge in [-0.25, -0.2) is 9.38 Å². The van der Waals surface area contributed by atoms with Crippen LogP contribution in [0.1, 0.15) is 54.4 Å². The topological polar surface area (TPSA) is 38.4 Å². The van der Waals surface area contributed by atoms with Crippen molar-refractivity contribution in [2.45, 2.75) is 44.9 Å². The Hall–Kier alpha value is -2.68. The molecule has 0 atom stereocenters. The molecule has 0 heterocycles. The minimum Gasteiger partial charge on any atom is -0.384 e. The van der Waals surface area contributed by atoms with Crippen molar-refractivity contribution in [3.63, 3.8) is 0 Å². The second-order valence-electron chi connectivity index (χ2n) is 7.11. The first-order valence-electron chi connectivity index (χ1n) is 9.60. The standard InChI is InChI=1S/C24H27FN2/c1-3-23(26)27-16-17(2)20-14-15-21(19-10-7-11-19)22(24(20)25)13-12-18-8-5-4-6-9-18/h3-6,8-9,14-16,19H,2,7,10-13,26H2,1H3/b23-3-,27-16-. The summed E-state index contributed by atoms with van der Waals surface area (Å²) in [4.78, 5) is 4.12. The van der Waals surface area contributed by atoms with Crippen molar-refractivity contribution < 1.29 is 4.39 Å². The number of benzene rings is 2. The lowest BCUT2D eigenvalue weighted by atomic mass is 9.76. The van der Waals surface area contributed by atoms with Crippen LogP contribution in [0.25, 0.3) is 5.57 Å². The molecule has 0 unspecified atom stereocenters. The Morgan fingerprint density at radius 1 is 1.19 bits per heavy atom. The monoisotopic (exact) mass is 362 g/mol. The molecule has 140 valence electrons. The summed E-state index contributed by atoms with van der Waals surface area (Å²) in [5.74, 6) is 0.720. The van der Waals surface area contributed by atoms with Crippen LogP contribution in [0.4, 0.5) is 4.39 Å². The minimum absolute atomic E-state index is 0.161. The normalized spacial score (nSPS) is 15.1. The van der Waals surface area contributed by atoms with E-state index in [0.29, 0.717) is 29.3 Å². The Labute approximate surface area is 161 Å². The van der Waals surface area contributed by atoms with Gasteiger partial charge in [0.15, 0.2) is 0 Å². The van der Waals surface area contributed by atoms with E-state index in [9.17, 15) is 0 Å². The predicted octanol–water partition coefficient (Wildman–Crippen LogP) is 5.78. The highest BCUT2D eigenvalue weighted by molar-refractivity contribution is 6.09. The zero-order valence-electron chi connectivity index (χ0n) is 15.9. The highest BCUT2D eigenvalue weighted by Gasteiger charge is 2.25. The Bertz CT molecular complexity index is 861. The van der Waals surface area contributed by atoms with Gasteiger partial charge in [0.2, 0.25) is 0 Å². The molecule has 0 aromatic heterocycles. The average molecular weight is 362 g/mol. The summed E-state index contributed by atoms with van der Waals surface area (Å²) in [5, 5.41) is 0. The van der Waals surface area contributed by atoms with Gasteiger partial charge in [-0.1, -0.05) is 55.5 Å². The molecular formula is C24H27FN2. The van der Waals surface area contributed by atoms with Crippen LogP contribution in [-0.2, 0) is 12.8 Å². The van der Waals surface area contributed by atoms with Crippen LogP contribution in [0.15, 0.2) is 65.9 Å². The summed E-state index contributed by atoms with van der Waals surface area (Å²) < 4.78 is 15.4. The second kappa shape index (κ2) is 8.81. The molecule has 2 N–H and O–H groups in total. The largest absolute Gasteiger partial charge is 0.384 e. The predicted molar refractivity (Wildman–Crippen MR) is 112 cm³/mol. The van der Waals surface area contributed by atoms with E-state index >= 15 is 4.39 Å². The van der Waals surface area contributed by atoms with Gasteiger partial charge in [-0.05, 0) is 66.9 Å². The number of nitrogens with two attached hydrogens (primary N) is 1. The number of hydrogen-bond donors (Lipinski definition) is 1. The number of allylic oxidation sites excluding steroid dienone is 2. The van der Waals surface area contributed by atoms with Gasteiger partial charge in [0, 0.05) is 11.8 Å². The van der Waals surface area contributed by atoms with Crippen molar-refractivity contribution in [2.75, 3.05) is 0 Å². The molecule has 0 bridgehead atoms. The van der Waals surface area contributed by atoms with Crippen molar-refractivity contribution in [3.05, 3.63) is 89.0 Å². The van der Waals surface area contributed by atoms with Crippen LogP contribution >= 0.6 is 0 Å². The SMILES string of the molecule is C=C(/C=N\C(N)=C/C)c1ccc(C2CCC2)c(CCc2ccccc2)c1F. The number of rotatable bonds is 7. The molecule has 1 fully saturated rings. The molecule has 0 amide bonds. The first-order valence-corrected chi connectivity index (χ1v) is 9.60. The maximum absolute atomic E-state index is 15.4. The third-order valence-electron chi connectivity index (χ3n) is 5.34. The fourth-order valence-corrected chi connectivity index (χ4v) is 3.45. The van der Waals surface area contributed by atoms with E-state index in [2.05, 4.69) is 29.8 Å². The zero-order chi connectivity index (χ0) is 19.2. The fraction of sp³-hybridized carbons (Fsp3) is 0.292. The highest BCUT2D eigenvalue weighted by Crippen LogP contribution is 2.40. The molecule has 3 rings (SSSR count). The number of aryl methyl sites for hydroxylation is 1. The van der Waals surface area contributed by atoms with Crippen molar-refractivity contribution in [1.29, 1.82) is 0 Å². The maximum atomic E-state index is 15.4. The van der Waals surface area contributed by atoms with Gasteiger partial charge < -0.3 is 5.73 Å². The first-order chi connectivity index (χ1) is 13.1. The van der Waals surface area contributed by atoms with E-state index in [0.717, 1.165) is 30.4 Å². The summed E-state index contributed by atoms with van der Waals surface area (Å²) in [5.41, 5.74) is 9.96. The van der Waals surface area contributed by atoms with Gasteiger partial charge in [-0.3, -0.25) is 0 Å². The van der Waals surface area contributed by atoms with Gasteiger partial charge in [0.1, 0.15) is 11.6 Å². The Balaban J connectivity index is 1.90. The summed E-state index contributed by atoms with van der Waals surface area (Å²) in [6, 6.07) is 14.2. The minimum atomic E-state index is -0.161. The molecule has 0 spiro atoms. The summed E-state index contributed by atoms with van der Waals surface area (Å²) in [6.45, 7) is 5.80. The Kier molecular flexibility index (Phi) is 6.23. The van der Waals surface area contributed by atoms with E-state index in [1.54, 1.807) is 6.08 Å². The summed E-state index contributed by atoms with van der Waals surface area (Å²) in [6.07, 6.45) is 8.29. The summed E-state index contributed by atoms with van der Waals surface area (Å²) >= 11 is 0. The van der Waals surface area contributed by atoms with Crippen LogP contribution in [-0.4, -0.2) is 6.21 Å². The van der Waals surface area contributed by atoms with Crippen LogP contribution < -0.4 is 5.73 Å². The Morgan fingerprint density at radius 2 is 1.93 bits per heavy atom. The second-order valence-corrected chi connectivity index (χ2v) is 7.11.